The second kappa shape index (κ2) is 4.06. The Morgan fingerprint density at radius 1 is 1.80 bits per heavy atom. The number of rotatable bonds is 2. The molecule has 0 aliphatic rings. The zero-order valence-electron chi connectivity index (χ0n) is 5.56. The highest BCUT2D eigenvalue weighted by Crippen LogP contribution is 2.15. The minimum absolute atomic E-state index is 0.233. The van der Waals surface area contributed by atoms with Crippen molar-refractivity contribution in [3.63, 3.8) is 0 Å². The van der Waals surface area contributed by atoms with Gasteiger partial charge in [-0.2, -0.15) is 0 Å². The monoisotopic (exact) mass is 162 g/mol. The van der Waals surface area contributed by atoms with Crippen molar-refractivity contribution in [2.75, 3.05) is 0 Å². The van der Waals surface area contributed by atoms with Crippen LogP contribution >= 0.6 is 11.6 Å². The lowest BCUT2D eigenvalue weighted by molar-refractivity contribution is 0.646. The molecule has 0 spiro atoms. The second-order valence-corrected chi connectivity index (χ2v) is 1.95. The molecule has 0 aromatic carbocycles. The third kappa shape index (κ3) is 2.64. The Morgan fingerprint density at radius 2 is 2.30 bits per heavy atom. The van der Waals surface area contributed by atoms with Gasteiger partial charge >= 0.3 is 0 Å². The molecule has 0 heterocycles. The molecule has 10 heavy (non-hydrogen) atoms. The standard InChI is InChI=1S/C6H8ClFN2/c1-3-10-6(9)5(8)4(2)7/h3H,2,9H2,1H3/b6-5+,10-3-. The van der Waals surface area contributed by atoms with Gasteiger partial charge in [0.05, 0.1) is 5.03 Å². The number of aliphatic imine (C=N–C) groups is 1. The van der Waals surface area contributed by atoms with Crippen molar-refractivity contribution < 1.29 is 4.39 Å². The first-order valence-corrected chi connectivity index (χ1v) is 2.96. The van der Waals surface area contributed by atoms with Gasteiger partial charge in [-0.05, 0) is 6.92 Å². The normalized spacial score (nSPS) is 13.5. The van der Waals surface area contributed by atoms with E-state index in [9.17, 15) is 4.39 Å². The van der Waals surface area contributed by atoms with Gasteiger partial charge in [-0.15, -0.1) is 0 Å². The molecule has 2 nitrogen and oxygen atoms in total. The van der Waals surface area contributed by atoms with Crippen molar-refractivity contribution in [3.8, 4) is 0 Å². The number of nitrogens with zero attached hydrogens (tertiary/aromatic N) is 1. The minimum atomic E-state index is -0.778. The highest BCUT2D eigenvalue weighted by Gasteiger charge is 2.01. The fraction of sp³-hybridized carbons (Fsp3) is 0.167. The molecular formula is C6H8ClFN2. The Morgan fingerprint density at radius 3 is 2.60 bits per heavy atom. The van der Waals surface area contributed by atoms with E-state index in [1.807, 2.05) is 0 Å². The molecule has 4 heteroatoms. The maximum absolute atomic E-state index is 12.5. The molecule has 0 fully saturated rings. The van der Waals surface area contributed by atoms with E-state index in [0.717, 1.165) is 0 Å². The van der Waals surface area contributed by atoms with E-state index >= 15 is 0 Å². The zero-order chi connectivity index (χ0) is 8.15. The molecule has 56 valence electrons. The lowest BCUT2D eigenvalue weighted by Gasteiger charge is -1.93. The molecule has 0 aliphatic heterocycles. The van der Waals surface area contributed by atoms with Gasteiger partial charge < -0.3 is 5.73 Å². The van der Waals surface area contributed by atoms with E-state index in [4.69, 9.17) is 17.3 Å². The van der Waals surface area contributed by atoms with Crippen LogP contribution in [0.25, 0.3) is 0 Å². The van der Waals surface area contributed by atoms with E-state index in [0.29, 0.717) is 0 Å². The van der Waals surface area contributed by atoms with Gasteiger partial charge in [0.1, 0.15) is 0 Å². The molecule has 0 atom stereocenters. The maximum Gasteiger partial charge on any atom is 0.183 e. The predicted octanol–water partition coefficient (Wildman–Crippen LogP) is 1.93. The summed E-state index contributed by atoms with van der Waals surface area (Å²) >= 11 is 5.18. The third-order valence-corrected chi connectivity index (χ3v) is 0.897. The Labute approximate surface area is 63.9 Å². The summed E-state index contributed by atoms with van der Waals surface area (Å²) < 4.78 is 12.5. The molecule has 0 bridgehead atoms. The summed E-state index contributed by atoms with van der Waals surface area (Å²) in [7, 11) is 0. The Bertz CT molecular complexity index is 196. The van der Waals surface area contributed by atoms with Crippen LogP contribution in [0.3, 0.4) is 0 Å². The van der Waals surface area contributed by atoms with Crippen molar-refractivity contribution in [1.29, 1.82) is 0 Å². The number of allylic oxidation sites excluding steroid dienone is 2. The SMILES string of the molecule is C=C(Cl)/C(F)=C(N)\N=C/C. The molecule has 0 radical (unpaired) electrons. The van der Waals surface area contributed by atoms with Gasteiger partial charge in [0.15, 0.2) is 11.6 Å². The first-order chi connectivity index (χ1) is 4.59. The first-order valence-electron chi connectivity index (χ1n) is 2.58. The van der Waals surface area contributed by atoms with Crippen molar-refractivity contribution in [1.82, 2.24) is 0 Å². The molecule has 0 aromatic heterocycles. The van der Waals surface area contributed by atoms with Crippen LogP contribution in [0.1, 0.15) is 6.92 Å². The molecule has 0 unspecified atom stereocenters. The summed E-state index contributed by atoms with van der Waals surface area (Å²) in [4.78, 5) is 3.46. The molecule has 0 amide bonds. The molecular weight excluding hydrogens is 155 g/mol. The second-order valence-electron chi connectivity index (χ2n) is 1.49. The van der Waals surface area contributed by atoms with Gasteiger partial charge in [-0.3, -0.25) is 0 Å². The molecule has 0 aliphatic carbocycles. The van der Waals surface area contributed by atoms with Crippen LogP contribution in [-0.2, 0) is 0 Å². The van der Waals surface area contributed by atoms with E-state index in [1.54, 1.807) is 6.92 Å². The summed E-state index contributed by atoms with van der Waals surface area (Å²) in [6, 6.07) is 0. The molecule has 0 saturated carbocycles. The Balaban J connectivity index is 4.50. The Kier molecular flexibility index (Phi) is 3.72. The molecule has 0 saturated heterocycles. The van der Waals surface area contributed by atoms with Gasteiger partial charge in [0.2, 0.25) is 0 Å². The van der Waals surface area contributed by atoms with Crippen LogP contribution in [0.15, 0.2) is 28.3 Å². The highest BCUT2D eigenvalue weighted by molar-refractivity contribution is 6.31. The first kappa shape index (κ1) is 9.17. The average Bonchev–Trinajstić information content (AvgIpc) is 1.87. The number of hydrogen-bond donors (Lipinski definition) is 1. The van der Waals surface area contributed by atoms with E-state index in [2.05, 4.69) is 11.6 Å². The van der Waals surface area contributed by atoms with Gasteiger partial charge in [0.25, 0.3) is 0 Å². The van der Waals surface area contributed by atoms with E-state index in [1.165, 1.54) is 6.21 Å². The van der Waals surface area contributed by atoms with Crippen LogP contribution in [0.5, 0.6) is 0 Å². The van der Waals surface area contributed by atoms with Gasteiger partial charge in [-0.1, -0.05) is 18.2 Å². The average molecular weight is 163 g/mol. The van der Waals surface area contributed by atoms with Crippen LogP contribution in [-0.4, -0.2) is 6.21 Å². The topological polar surface area (TPSA) is 38.4 Å². The molecule has 0 rings (SSSR count). The summed E-state index contributed by atoms with van der Waals surface area (Å²) in [5.41, 5.74) is 5.09. The van der Waals surface area contributed by atoms with Crippen LogP contribution in [0, 0.1) is 0 Å². The molecule has 0 aromatic rings. The lowest BCUT2D eigenvalue weighted by Crippen LogP contribution is -1.96. The lowest BCUT2D eigenvalue weighted by atomic mass is 10.5. The quantitative estimate of drug-likeness (QED) is 0.489. The number of nitrogens with two attached hydrogens (primary N) is 1. The van der Waals surface area contributed by atoms with Crippen LogP contribution in [0.2, 0.25) is 0 Å². The minimum Gasteiger partial charge on any atom is -0.381 e. The zero-order valence-corrected chi connectivity index (χ0v) is 6.32. The maximum atomic E-state index is 12.5. The predicted molar refractivity (Wildman–Crippen MR) is 41.5 cm³/mol. The van der Waals surface area contributed by atoms with Crippen LogP contribution in [0.4, 0.5) is 4.39 Å². The fourth-order valence-electron chi connectivity index (χ4n) is 0.335. The fourth-order valence-corrected chi connectivity index (χ4v) is 0.432. The van der Waals surface area contributed by atoms with Crippen molar-refractivity contribution in [2.45, 2.75) is 6.92 Å². The van der Waals surface area contributed by atoms with E-state index < -0.39 is 5.83 Å². The van der Waals surface area contributed by atoms with E-state index in [-0.39, 0.29) is 10.9 Å². The Hall–Kier alpha value is -0.830. The third-order valence-electron chi connectivity index (χ3n) is 0.731. The smallest absolute Gasteiger partial charge is 0.183 e. The van der Waals surface area contributed by atoms with Crippen molar-refractivity contribution >= 4 is 17.8 Å². The summed E-state index contributed by atoms with van der Waals surface area (Å²) in [6.45, 7) is 4.76. The summed E-state index contributed by atoms with van der Waals surface area (Å²) in [5.74, 6) is -1.03. The largest absolute Gasteiger partial charge is 0.381 e. The number of halogens is 2. The van der Waals surface area contributed by atoms with Crippen molar-refractivity contribution in [3.05, 3.63) is 23.3 Å². The molecule has 2 N–H and O–H groups in total. The van der Waals surface area contributed by atoms with Gasteiger partial charge in [0, 0.05) is 6.21 Å². The van der Waals surface area contributed by atoms with Crippen LogP contribution < -0.4 is 5.73 Å². The number of hydrogen-bond acceptors (Lipinski definition) is 2. The van der Waals surface area contributed by atoms with Crippen molar-refractivity contribution in [2.24, 2.45) is 10.7 Å². The highest BCUT2D eigenvalue weighted by atomic mass is 35.5. The summed E-state index contributed by atoms with van der Waals surface area (Å²) in [6.07, 6.45) is 1.37. The summed E-state index contributed by atoms with van der Waals surface area (Å²) in [5, 5.41) is -0.233. The van der Waals surface area contributed by atoms with Gasteiger partial charge in [-0.25, -0.2) is 9.38 Å².